The molecule has 0 fully saturated rings. The zero-order valence-electron chi connectivity index (χ0n) is 6.80. The molecule has 1 aromatic heterocycles. The van der Waals surface area contributed by atoms with Gasteiger partial charge in [-0.3, -0.25) is 4.79 Å². The maximum Gasteiger partial charge on any atom is 0.207 e. The topological polar surface area (TPSA) is 29.1 Å². The highest BCUT2D eigenvalue weighted by Gasteiger charge is 2.13. The highest BCUT2D eigenvalue weighted by atomic mass is 32.1. The normalized spacial score (nSPS) is 14.3. The number of carbonyl (C=O) groups excluding carboxylic acids is 1. The molecule has 0 atom stereocenters. The number of thiophene rings is 1. The zero-order valence-corrected chi connectivity index (χ0v) is 7.62. The average molecular weight is 181 g/mol. The molecule has 1 aliphatic rings. The molecule has 1 N–H and O–H groups in total. The zero-order chi connectivity index (χ0) is 8.39. The van der Waals surface area contributed by atoms with E-state index in [1.165, 1.54) is 34.6 Å². The van der Waals surface area contributed by atoms with Crippen molar-refractivity contribution in [3.05, 3.63) is 21.4 Å². The summed E-state index contributed by atoms with van der Waals surface area (Å²) in [6.07, 6.45) is 4.53. The molecule has 0 unspecified atom stereocenters. The SMILES string of the molecule is O=CNCc1cc2c(s1)CCC2. The minimum atomic E-state index is 0.696. The summed E-state index contributed by atoms with van der Waals surface area (Å²) in [7, 11) is 0. The van der Waals surface area contributed by atoms with E-state index in [0.717, 1.165) is 6.41 Å². The van der Waals surface area contributed by atoms with Crippen LogP contribution in [0.5, 0.6) is 0 Å². The molecular weight excluding hydrogens is 170 g/mol. The summed E-state index contributed by atoms with van der Waals surface area (Å²) in [5.74, 6) is 0. The van der Waals surface area contributed by atoms with Crippen molar-refractivity contribution in [3.63, 3.8) is 0 Å². The minimum Gasteiger partial charge on any atom is -0.354 e. The van der Waals surface area contributed by atoms with Gasteiger partial charge in [0.05, 0.1) is 6.54 Å². The van der Waals surface area contributed by atoms with Crippen molar-refractivity contribution in [2.45, 2.75) is 25.8 Å². The van der Waals surface area contributed by atoms with Crippen LogP contribution in [0.15, 0.2) is 6.07 Å². The van der Waals surface area contributed by atoms with Crippen LogP contribution in [0.4, 0.5) is 0 Å². The molecule has 0 bridgehead atoms. The first kappa shape index (κ1) is 7.80. The Morgan fingerprint density at radius 2 is 2.50 bits per heavy atom. The van der Waals surface area contributed by atoms with Crippen LogP contribution in [-0.2, 0) is 24.2 Å². The fourth-order valence-electron chi connectivity index (χ4n) is 1.62. The molecule has 0 aliphatic heterocycles. The Hall–Kier alpha value is -0.830. The van der Waals surface area contributed by atoms with Crippen LogP contribution in [0.3, 0.4) is 0 Å². The molecule has 0 saturated heterocycles. The molecule has 2 nitrogen and oxygen atoms in total. The third-order valence-corrected chi connectivity index (χ3v) is 3.39. The molecule has 0 aromatic carbocycles. The predicted molar refractivity (Wildman–Crippen MR) is 49.2 cm³/mol. The molecular formula is C9H11NOS. The Morgan fingerprint density at radius 1 is 1.58 bits per heavy atom. The number of fused-ring (bicyclic) bond motifs is 1. The smallest absolute Gasteiger partial charge is 0.207 e. The van der Waals surface area contributed by atoms with Gasteiger partial charge in [-0.2, -0.15) is 0 Å². The Kier molecular flexibility index (Phi) is 2.13. The van der Waals surface area contributed by atoms with E-state index in [-0.39, 0.29) is 0 Å². The summed E-state index contributed by atoms with van der Waals surface area (Å²) < 4.78 is 0. The van der Waals surface area contributed by atoms with Crippen LogP contribution in [-0.4, -0.2) is 6.41 Å². The summed E-state index contributed by atoms with van der Waals surface area (Å²) in [5, 5.41) is 2.68. The van der Waals surface area contributed by atoms with Crippen molar-refractivity contribution >= 4 is 17.7 Å². The molecule has 1 amide bonds. The van der Waals surface area contributed by atoms with E-state index < -0.39 is 0 Å². The number of carbonyl (C=O) groups is 1. The average Bonchev–Trinajstić information content (AvgIpc) is 2.58. The van der Waals surface area contributed by atoms with Gasteiger partial charge in [0, 0.05) is 9.75 Å². The lowest BCUT2D eigenvalue weighted by Crippen LogP contribution is -2.08. The van der Waals surface area contributed by atoms with Gasteiger partial charge < -0.3 is 5.32 Å². The highest BCUT2D eigenvalue weighted by Crippen LogP contribution is 2.30. The summed E-state index contributed by atoms with van der Waals surface area (Å²) in [6.45, 7) is 0.696. The van der Waals surface area contributed by atoms with Gasteiger partial charge in [-0.1, -0.05) is 0 Å². The Labute approximate surface area is 75.6 Å². The second kappa shape index (κ2) is 3.27. The molecule has 3 heteroatoms. The Bertz CT molecular complexity index is 271. The second-order valence-corrected chi connectivity index (χ2v) is 4.23. The van der Waals surface area contributed by atoms with Gasteiger partial charge in [-0.15, -0.1) is 11.3 Å². The molecule has 1 aromatic rings. The third kappa shape index (κ3) is 1.37. The molecule has 0 radical (unpaired) electrons. The van der Waals surface area contributed by atoms with E-state index in [1.54, 1.807) is 0 Å². The first-order chi connectivity index (χ1) is 5.90. The number of aryl methyl sites for hydroxylation is 2. The maximum atomic E-state index is 10.0. The van der Waals surface area contributed by atoms with Crippen LogP contribution in [0.25, 0.3) is 0 Å². The maximum absolute atomic E-state index is 10.0. The number of hydrogen-bond donors (Lipinski definition) is 1. The number of rotatable bonds is 3. The second-order valence-electron chi connectivity index (χ2n) is 3.01. The van der Waals surface area contributed by atoms with Gasteiger partial charge in [0.25, 0.3) is 0 Å². The van der Waals surface area contributed by atoms with Crippen molar-refractivity contribution < 1.29 is 4.79 Å². The summed E-state index contributed by atoms with van der Waals surface area (Å²) in [4.78, 5) is 12.9. The van der Waals surface area contributed by atoms with Crippen LogP contribution >= 0.6 is 11.3 Å². The lowest BCUT2D eigenvalue weighted by atomic mass is 10.2. The van der Waals surface area contributed by atoms with Crippen molar-refractivity contribution in [3.8, 4) is 0 Å². The van der Waals surface area contributed by atoms with Crippen molar-refractivity contribution in [2.24, 2.45) is 0 Å². The predicted octanol–water partition coefficient (Wildman–Crippen LogP) is 1.48. The van der Waals surface area contributed by atoms with E-state index in [0.29, 0.717) is 6.54 Å². The van der Waals surface area contributed by atoms with E-state index in [1.807, 2.05) is 11.3 Å². The van der Waals surface area contributed by atoms with E-state index in [9.17, 15) is 4.79 Å². The molecule has 0 spiro atoms. The Balaban J connectivity index is 2.09. The van der Waals surface area contributed by atoms with Gasteiger partial charge in [0.1, 0.15) is 0 Å². The minimum absolute atomic E-state index is 0.696. The molecule has 2 rings (SSSR count). The van der Waals surface area contributed by atoms with E-state index in [2.05, 4.69) is 11.4 Å². The standard InChI is InChI=1S/C9H11NOS/c11-6-10-5-8-4-7-2-1-3-9(7)12-8/h4,6H,1-3,5H2,(H,10,11). The number of amides is 1. The van der Waals surface area contributed by atoms with Gasteiger partial charge in [0.2, 0.25) is 6.41 Å². The van der Waals surface area contributed by atoms with Crippen molar-refractivity contribution in [1.82, 2.24) is 5.32 Å². The summed E-state index contributed by atoms with van der Waals surface area (Å²) >= 11 is 1.84. The van der Waals surface area contributed by atoms with Crippen LogP contribution in [0.2, 0.25) is 0 Å². The van der Waals surface area contributed by atoms with E-state index >= 15 is 0 Å². The van der Waals surface area contributed by atoms with E-state index in [4.69, 9.17) is 0 Å². The third-order valence-electron chi connectivity index (χ3n) is 2.16. The van der Waals surface area contributed by atoms with Gasteiger partial charge in [-0.25, -0.2) is 0 Å². The monoisotopic (exact) mass is 181 g/mol. The largest absolute Gasteiger partial charge is 0.354 e. The lowest BCUT2D eigenvalue weighted by Gasteiger charge is -1.93. The highest BCUT2D eigenvalue weighted by molar-refractivity contribution is 7.12. The fourth-order valence-corrected chi connectivity index (χ4v) is 2.83. The Morgan fingerprint density at radius 3 is 3.25 bits per heavy atom. The van der Waals surface area contributed by atoms with Crippen molar-refractivity contribution in [2.75, 3.05) is 0 Å². The number of hydrogen-bond acceptors (Lipinski definition) is 2. The fraction of sp³-hybridized carbons (Fsp3) is 0.444. The molecule has 1 heterocycles. The molecule has 1 aliphatic carbocycles. The first-order valence-electron chi connectivity index (χ1n) is 4.17. The molecule has 0 saturated carbocycles. The van der Waals surface area contributed by atoms with Gasteiger partial charge >= 0.3 is 0 Å². The lowest BCUT2D eigenvalue weighted by molar-refractivity contribution is -0.109. The first-order valence-corrected chi connectivity index (χ1v) is 4.99. The van der Waals surface area contributed by atoms with Gasteiger partial charge in [0.15, 0.2) is 0 Å². The number of nitrogens with one attached hydrogen (secondary N) is 1. The van der Waals surface area contributed by atoms with Crippen LogP contribution in [0.1, 0.15) is 21.7 Å². The van der Waals surface area contributed by atoms with Crippen LogP contribution in [0, 0.1) is 0 Å². The van der Waals surface area contributed by atoms with Crippen LogP contribution < -0.4 is 5.32 Å². The summed E-state index contributed by atoms with van der Waals surface area (Å²) in [5.41, 5.74) is 1.50. The van der Waals surface area contributed by atoms with Gasteiger partial charge in [-0.05, 0) is 30.9 Å². The quantitative estimate of drug-likeness (QED) is 0.703. The summed E-state index contributed by atoms with van der Waals surface area (Å²) in [6, 6.07) is 2.23. The van der Waals surface area contributed by atoms with Crippen molar-refractivity contribution in [1.29, 1.82) is 0 Å². The molecule has 12 heavy (non-hydrogen) atoms. The molecule has 64 valence electrons.